The maximum Gasteiger partial charge on any atom is 0.181 e. The predicted octanol–water partition coefficient (Wildman–Crippen LogP) is 4.58. The minimum absolute atomic E-state index is 0.144. The SMILES string of the molecule is CCCCCCCCCCCC(=O)c1ccncn1. The molecule has 0 aliphatic rings. The van der Waals surface area contributed by atoms with E-state index in [0.29, 0.717) is 12.1 Å². The molecule has 0 saturated carbocycles. The van der Waals surface area contributed by atoms with Gasteiger partial charge in [0, 0.05) is 12.6 Å². The standard InChI is InChI=1S/C16H26N2O/c1-2-3-4-5-6-7-8-9-10-11-16(19)15-12-13-17-14-18-15/h12-14H,2-11H2,1H3. The van der Waals surface area contributed by atoms with Crippen molar-refractivity contribution in [3.05, 3.63) is 24.3 Å². The summed E-state index contributed by atoms with van der Waals surface area (Å²) in [6.45, 7) is 2.24. The first-order valence-electron chi connectivity index (χ1n) is 7.63. The molecule has 0 aliphatic heterocycles. The third kappa shape index (κ3) is 7.70. The summed E-state index contributed by atoms with van der Waals surface area (Å²) in [6, 6.07) is 1.69. The number of unbranched alkanes of at least 4 members (excludes halogenated alkanes) is 8. The molecule has 0 radical (unpaired) electrons. The molecule has 106 valence electrons. The van der Waals surface area contributed by atoms with E-state index in [2.05, 4.69) is 16.9 Å². The highest BCUT2D eigenvalue weighted by Crippen LogP contribution is 2.11. The molecule has 0 saturated heterocycles. The summed E-state index contributed by atoms with van der Waals surface area (Å²) >= 11 is 0. The second-order valence-electron chi connectivity index (χ2n) is 5.10. The highest BCUT2D eigenvalue weighted by molar-refractivity contribution is 5.93. The normalized spacial score (nSPS) is 10.6. The molecule has 19 heavy (non-hydrogen) atoms. The van der Waals surface area contributed by atoms with Crippen LogP contribution < -0.4 is 0 Å². The molecule has 0 unspecified atom stereocenters. The van der Waals surface area contributed by atoms with Crippen LogP contribution in [0.2, 0.25) is 0 Å². The first kappa shape index (κ1) is 15.8. The van der Waals surface area contributed by atoms with Crippen molar-refractivity contribution in [2.75, 3.05) is 0 Å². The number of carbonyl (C=O) groups excluding carboxylic acids is 1. The van der Waals surface area contributed by atoms with E-state index in [-0.39, 0.29) is 5.78 Å². The van der Waals surface area contributed by atoms with Crippen LogP contribution in [0.1, 0.15) is 81.6 Å². The third-order valence-corrected chi connectivity index (χ3v) is 3.38. The zero-order valence-corrected chi connectivity index (χ0v) is 12.1. The van der Waals surface area contributed by atoms with Crippen molar-refractivity contribution in [1.29, 1.82) is 0 Å². The Balaban J connectivity index is 1.95. The quantitative estimate of drug-likeness (QED) is 0.433. The molecule has 3 nitrogen and oxygen atoms in total. The highest BCUT2D eigenvalue weighted by Gasteiger charge is 2.05. The van der Waals surface area contributed by atoms with E-state index in [0.717, 1.165) is 12.8 Å². The summed E-state index contributed by atoms with van der Waals surface area (Å²) in [4.78, 5) is 19.6. The van der Waals surface area contributed by atoms with Crippen LogP contribution in [0.3, 0.4) is 0 Å². The summed E-state index contributed by atoms with van der Waals surface area (Å²) in [6.07, 6.45) is 15.2. The minimum atomic E-state index is 0.144. The second-order valence-corrected chi connectivity index (χ2v) is 5.10. The van der Waals surface area contributed by atoms with Crippen LogP contribution in [-0.2, 0) is 0 Å². The lowest BCUT2D eigenvalue weighted by molar-refractivity contribution is 0.0974. The molecule has 0 amide bonds. The third-order valence-electron chi connectivity index (χ3n) is 3.38. The smallest absolute Gasteiger partial charge is 0.181 e. The van der Waals surface area contributed by atoms with Gasteiger partial charge in [0.2, 0.25) is 0 Å². The molecule has 0 bridgehead atoms. The Morgan fingerprint density at radius 1 is 1.00 bits per heavy atom. The zero-order chi connectivity index (χ0) is 13.8. The van der Waals surface area contributed by atoms with Gasteiger partial charge in [-0.05, 0) is 12.5 Å². The van der Waals surface area contributed by atoms with Crippen LogP contribution in [0.4, 0.5) is 0 Å². The maximum absolute atomic E-state index is 11.8. The van der Waals surface area contributed by atoms with Gasteiger partial charge in [-0.25, -0.2) is 9.97 Å². The number of aromatic nitrogens is 2. The van der Waals surface area contributed by atoms with Gasteiger partial charge in [-0.3, -0.25) is 4.79 Å². The fourth-order valence-corrected chi connectivity index (χ4v) is 2.18. The van der Waals surface area contributed by atoms with E-state index in [1.54, 1.807) is 12.3 Å². The van der Waals surface area contributed by atoms with Crippen molar-refractivity contribution in [3.8, 4) is 0 Å². The summed E-state index contributed by atoms with van der Waals surface area (Å²) in [7, 11) is 0. The molecule has 1 heterocycles. The number of carbonyl (C=O) groups is 1. The van der Waals surface area contributed by atoms with Gasteiger partial charge in [-0.1, -0.05) is 58.3 Å². The van der Waals surface area contributed by atoms with Crippen LogP contribution in [0.5, 0.6) is 0 Å². The Kier molecular flexibility index (Phi) is 8.86. The van der Waals surface area contributed by atoms with E-state index >= 15 is 0 Å². The Morgan fingerprint density at radius 2 is 1.63 bits per heavy atom. The van der Waals surface area contributed by atoms with E-state index in [1.165, 1.54) is 51.3 Å². The van der Waals surface area contributed by atoms with Gasteiger partial charge in [0.25, 0.3) is 0 Å². The Hall–Kier alpha value is -1.25. The van der Waals surface area contributed by atoms with Gasteiger partial charge in [-0.2, -0.15) is 0 Å². The summed E-state index contributed by atoms with van der Waals surface area (Å²) in [5, 5.41) is 0. The molecule has 1 rings (SSSR count). The van der Waals surface area contributed by atoms with Gasteiger partial charge in [0.05, 0.1) is 0 Å². The molecule has 3 heteroatoms. The van der Waals surface area contributed by atoms with Gasteiger partial charge in [-0.15, -0.1) is 0 Å². The minimum Gasteiger partial charge on any atom is -0.292 e. The maximum atomic E-state index is 11.8. The van der Waals surface area contributed by atoms with E-state index in [4.69, 9.17) is 0 Å². The number of rotatable bonds is 11. The van der Waals surface area contributed by atoms with E-state index < -0.39 is 0 Å². The first-order valence-corrected chi connectivity index (χ1v) is 7.63. The van der Waals surface area contributed by atoms with Crippen LogP contribution in [-0.4, -0.2) is 15.8 Å². The highest BCUT2D eigenvalue weighted by atomic mass is 16.1. The molecule has 0 atom stereocenters. The largest absolute Gasteiger partial charge is 0.292 e. The molecule has 0 aliphatic carbocycles. The average molecular weight is 262 g/mol. The van der Waals surface area contributed by atoms with Crippen molar-refractivity contribution < 1.29 is 4.79 Å². The Morgan fingerprint density at radius 3 is 2.21 bits per heavy atom. The lowest BCUT2D eigenvalue weighted by Gasteiger charge is -2.02. The molecule has 1 aromatic heterocycles. The molecule has 0 aromatic carbocycles. The van der Waals surface area contributed by atoms with Crippen molar-refractivity contribution in [2.45, 2.75) is 71.1 Å². The fourth-order valence-electron chi connectivity index (χ4n) is 2.18. The number of hydrogen-bond acceptors (Lipinski definition) is 3. The topological polar surface area (TPSA) is 42.9 Å². The molecule has 0 N–H and O–H groups in total. The van der Waals surface area contributed by atoms with Crippen molar-refractivity contribution in [2.24, 2.45) is 0 Å². The van der Waals surface area contributed by atoms with E-state index in [1.807, 2.05) is 0 Å². The van der Waals surface area contributed by atoms with Gasteiger partial charge < -0.3 is 0 Å². The summed E-state index contributed by atoms with van der Waals surface area (Å²) in [5.74, 6) is 0.144. The lowest BCUT2D eigenvalue weighted by Crippen LogP contribution is -2.01. The van der Waals surface area contributed by atoms with Gasteiger partial charge in [0.1, 0.15) is 12.0 Å². The summed E-state index contributed by atoms with van der Waals surface area (Å²) < 4.78 is 0. The zero-order valence-electron chi connectivity index (χ0n) is 12.1. The van der Waals surface area contributed by atoms with Crippen molar-refractivity contribution >= 4 is 5.78 Å². The average Bonchev–Trinajstić information content (AvgIpc) is 2.46. The van der Waals surface area contributed by atoms with Crippen LogP contribution in [0.25, 0.3) is 0 Å². The monoisotopic (exact) mass is 262 g/mol. The summed E-state index contributed by atoms with van der Waals surface area (Å²) in [5.41, 5.74) is 0.551. The number of hydrogen-bond donors (Lipinski definition) is 0. The Labute approximate surface area is 116 Å². The lowest BCUT2D eigenvalue weighted by atomic mass is 10.0. The van der Waals surface area contributed by atoms with Crippen molar-refractivity contribution in [3.63, 3.8) is 0 Å². The molecular formula is C16H26N2O. The van der Waals surface area contributed by atoms with Crippen molar-refractivity contribution in [1.82, 2.24) is 9.97 Å². The molecular weight excluding hydrogens is 236 g/mol. The van der Waals surface area contributed by atoms with E-state index in [9.17, 15) is 4.79 Å². The first-order chi connectivity index (χ1) is 9.34. The predicted molar refractivity (Wildman–Crippen MR) is 78.2 cm³/mol. The number of nitrogens with zero attached hydrogens (tertiary/aromatic N) is 2. The van der Waals surface area contributed by atoms with Crippen LogP contribution in [0.15, 0.2) is 18.6 Å². The van der Waals surface area contributed by atoms with Gasteiger partial charge >= 0.3 is 0 Å². The second kappa shape index (κ2) is 10.7. The molecule has 0 spiro atoms. The van der Waals surface area contributed by atoms with Crippen LogP contribution in [0, 0.1) is 0 Å². The number of Topliss-reactive ketones (excluding diaryl/α,β-unsaturated/α-hetero) is 1. The number of ketones is 1. The molecule has 1 aromatic rings. The Bertz CT molecular complexity index is 338. The molecule has 0 fully saturated rings. The van der Waals surface area contributed by atoms with Gasteiger partial charge in [0.15, 0.2) is 5.78 Å². The van der Waals surface area contributed by atoms with Crippen LogP contribution >= 0.6 is 0 Å². The fraction of sp³-hybridized carbons (Fsp3) is 0.688.